The van der Waals surface area contributed by atoms with Crippen LogP contribution in [0.3, 0.4) is 0 Å². The van der Waals surface area contributed by atoms with Gasteiger partial charge in [-0.25, -0.2) is 4.68 Å². The molecule has 6 heteroatoms. The van der Waals surface area contributed by atoms with Gasteiger partial charge in [0.25, 0.3) is 0 Å². The zero-order chi connectivity index (χ0) is 14.8. The van der Waals surface area contributed by atoms with Gasteiger partial charge in [-0.05, 0) is 47.4 Å². The fourth-order valence-corrected chi connectivity index (χ4v) is 3.11. The van der Waals surface area contributed by atoms with Gasteiger partial charge in [-0.2, -0.15) is 0 Å². The lowest BCUT2D eigenvalue weighted by Gasteiger charge is -2.29. The standard InChI is InChI=1S/C15H21N5O/c1-10-5-3-4-6-14(10)20-15(17-18-19-20)12-9-11(21-2)7-8-13(12)16/h7-10,14H,3-6,16H2,1-2H3. The number of methoxy groups -OCH3 is 1. The highest BCUT2D eigenvalue weighted by atomic mass is 16.5. The summed E-state index contributed by atoms with van der Waals surface area (Å²) in [6.45, 7) is 2.27. The van der Waals surface area contributed by atoms with E-state index < -0.39 is 0 Å². The SMILES string of the molecule is COc1ccc(N)c(-c2nnnn2C2CCCCC2C)c1. The van der Waals surface area contributed by atoms with E-state index in [9.17, 15) is 0 Å². The van der Waals surface area contributed by atoms with E-state index in [0.29, 0.717) is 17.6 Å². The number of rotatable bonds is 3. The second-order valence-corrected chi connectivity index (χ2v) is 5.73. The normalized spacial score (nSPS) is 22.2. The summed E-state index contributed by atoms with van der Waals surface area (Å²) in [7, 11) is 1.64. The molecule has 0 bridgehead atoms. The number of aromatic nitrogens is 4. The summed E-state index contributed by atoms with van der Waals surface area (Å²) < 4.78 is 7.22. The van der Waals surface area contributed by atoms with Crippen LogP contribution in [0.1, 0.15) is 38.6 Å². The number of nitrogen functional groups attached to an aromatic ring is 1. The Balaban J connectivity index is 2.02. The van der Waals surface area contributed by atoms with E-state index >= 15 is 0 Å². The second kappa shape index (κ2) is 5.71. The largest absolute Gasteiger partial charge is 0.497 e. The molecule has 1 aliphatic carbocycles. The first-order valence-corrected chi connectivity index (χ1v) is 7.42. The van der Waals surface area contributed by atoms with Crippen LogP contribution in [0.5, 0.6) is 5.75 Å². The van der Waals surface area contributed by atoms with Crippen LogP contribution < -0.4 is 10.5 Å². The smallest absolute Gasteiger partial charge is 0.184 e. The van der Waals surface area contributed by atoms with Crippen LogP contribution in [0.15, 0.2) is 18.2 Å². The average Bonchev–Trinajstić information content (AvgIpc) is 2.97. The molecule has 6 nitrogen and oxygen atoms in total. The fraction of sp³-hybridized carbons (Fsp3) is 0.533. The van der Waals surface area contributed by atoms with E-state index in [1.54, 1.807) is 7.11 Å². The molecule has 1 fully saturated rings. The van der Waals surface area contributed by atoms with Crippen molar-refractivity contribution in [1.82, 2.24) is 20.2 Å². The Bertz CT molecular complexity index is 624. The number of hydrogen-bond donors (Lipinski definition) is 1. The predicted molar refractivity (Wildman–Crippen MR) is 80.9 cm³/mol. The monoisotopic (exact) mass is 287 g/mol. The summed E-state index contributed by atoms with van der Waals surface area (Å²) in [5, 5.41) is 12.3. The average molecular weight is 287 g/mol. The van der Waals surface area contributed by atoms with Crippen molar-refractivity contribution < 1.29 is 4.74 Å². The zero-order valence-electron chi connectivity index (χ0n) is 12.5. The molecule has 2 unspecified atom stereocenters. The molecule has 21 heavy (non-hydrogen) atoms. The van der Waals surface area contributed by atoms with Crippen LogP contribution in [-0.4, -0.2) is 27.3 Å². The molecule has 3 rings (SSSR count). The molecule has 0 saturated heterocycles. The van der Waals surface area contributed by atoms with Gasteiger partial charge in [-0.15, -0.1) is 5.10 Å². The van der Waals surface area contributed by atoms with E-state index in [1.807, 2.05) is 22.9 Å². The van der Waals surface area contributed by atoms with Crippen molar-refractivity contribution in [1.29, 1.82) is 0 Å². The molecule has 0 radical (unpaired) electrons. The minimum absolute atomic E-state index is 0.342. The Kier molecular flexibility index (Phi) is 3.77. The number of hydrogen-bond acceptors (Lipinski definition) is 5. The quantitative estimate of drug-likeness (QED) is 0.878. The van der Waals surface area contributed by atoms with Crippen molar-refractivity contribution >= 4 is 5.69 Å². The summed E-state index contributed by atoms with van der Waals surface area (Å²) >= 11 is 0. The number of tetrazole rings is 1. The maximum atomic E-state index is 6.10. The Hall–Kier alpha value is -2.11. The summed E-state index contributed by atoms with van der Waals surface area (Å²) in [5.74, 6) is 2.06. The first-order valence-electron chi connectivity index (χ1n) is 7.42. The highest BCUT2D eigenvalue weighted by molar-refractivity contribution is 5.73. The third kappa shape index (κ3) is 2.57. The molecule has 0 amide bonds. The van der Waals surface area contributed by atoms with Crippen molar-refractivity contribution in [3.8, 4) is 17.1 Å². The van der Waals surface area contributed by atoms with Crippen molar-refractivity contribution in [3.05, 3.63) is 18.2 Å². The molecule has 1 aliphatic rings. The number of ether oxygens (including phenoxy) is 1. The van der Waals surface area contributed by atoms with Gasteiger partial charge in [0.2, 0.25) is 0 Å². The fourth-order valence-electron chi connectivity index (χ4n) is 3.11. The summed E-state index contributed by atoms with van der Waals surface area (Å²) in [6.07, 6.45) is 4.85. The third-order valence-corrected chi connectivity index (χ3v) is 4.37. The highest BCUT2D eigenvalue weighted by Gasteiger charge is 2.27. The van der Waals surface area contributed by atoms with E-state index in [0.717, 1.165) is 23.6 Å². The third-order valence-electron chi connectivity index (χ3n) is 4.37. The minimum Gasteiger partial charge on any atom is -0.497 e. The van der Waals surface area contributed by atoms with Gasteiger partial charge in [0.05, 0.1) is 13.2 Å². The number of benzene rings is 1. The van der Waals surface area contributed by atoms with Crippen molar-refractivity contribution in [2.45, 2.75) is 38.6 Å². The molecule has 1 heterocycles. The van der Waals surface area contributed by atoms with Gasteiger partial charge < -0.3 is 10.5 Å². The van der Waals surface area contributed by atoms with Crippen LogP contribution >= 0.6 is 0 Å². The number of anilines is 1. The van der Waals surface area contributed by atoms with Gasteiger partial charge in [0.15, 0.2) is 5.82 Å². The van der Waals surface area contributed by atoms with Crippen LogP contribution in [0.2, 0.25) is 0 Å². The summed E-state index contributed by atoms with van der Waals surface area (Å²) in [5.41, 5.74) is 7.60. The Labute approximate surface area is 124 Å². The first kappa shape index (κ1) is 13.9. The van der Waals surface area contributed by atoms with E-state index in [1.165, 1.54) is 19.3 Å². The maximum Gasteiger partial charge on any atom is 0.184 e. The highest BCUT2D eigenvalue weighted by Crippen LogP contribution is 2.36. The predicted octanol–water partition coefficient (Wildman–Crippen LogP) is 2.68. The summed E-state index contributed by atoms with van der Waals surface area (Å²) in [6, 6.07) is 5.91. The molecule has 2 aromatic rings. The van der Waals surface area contributed by atoms with Crippen LogP contribution in [0.25, 0.3) is 11.4 Å². The second-order valence-electron chi connectivity index (χ2n) is 5.73. The summed E-state index contributed by atoms with van der Waals surface area (Å²) in [4.78, 5) is 0. The molecular formula is C15H21N5O. The Morgan fingerprint density at radius 2 is 2.10 bits per heavy atom. The van der Waals surface area contributed by atoms with E-state index in [2.05, 4.69) is 22.4 Å². The van der Waals surface area contributed by atoms with Gasteiger partial charge in [0, 0.05) is 11.3 Å². The van der Waals surface area contributed by atoms with Gasteiger partial charge in [-0.1, -0.05) is 19.8 Å². The van der Waals surface area contributed by atoms with Gasteiger partial charge in [-0.3, -0.25) is 0 Å². The first-order chi connectivity index (χ1) is 10.2. The van der Waals surface area contributed by atoms with Crippen LogP contribution in [0.4, 0.5) is 5.69 Å². The van der Waals surface area contributed by atoms with Crippen LogP contribution in [-0.2, 0) is 0 Å². The van der Waals surface area contributed by atoms with Gasteiger partial charge >= 0.3 is 0 Å². The lowest BCUT2D eigenvalue weighted by atomic mass is 9.86. The van der Waals surface area contributed by atoms with Crippen molar-refractivity contribution in [2.24, 2.45) is 5.92 Å². The molecule has 1 saturated carbocycles. The lowest BCUT2D eigenvalue weighted by Crippen LogP contribution is -2.23. The molecule has 1 aromatic carbocycles. The van der Waals surface area contributed by atoms with Gasteiger partial charge in [0.1, 0.15) is 5.75 Å². The molecule has 0 spiro atoms. The van der Waals surface area contributed by atoms with E-state index in [4.69, 9.17) is 10.5 Å². The molecule has 2 atom stereocenters. The van der Waals surface area contributed by atoms with Crippen molar-refractivity contribution in [2.75, 3.05) is 12.8 Å². The molecule has 1 aromatic heterocycles. The Morgan fingerprint density at radius 3 is 2.86 bits per heavy atom. The molecule has 0 aliphatic heterocycles. The molecule has 2 N–H and O–H groups in total. The topological polar surface area (TPSA) is 78.8 Å². The number of nitrogens with two attached hydrogens (primary N) is 1. The minimum atomic E-state index is 0.342. The maximum absolute atomic E-state index is 6.10. The van der Waals surface area contributed by atoms with Crippen LogP contribution in [0, 0.1) is 5.92 Å². The molecule has 112 valence electrons. The number of nitrogens with zero attached hydrogens (tertiary/aromatic N) is 4. The molecular weight excluding hydrogens is 266 g/mol. The zero-order valence-corrected chi connectivity index (χ0v) is 12.5. The van der Waals surface area contributed by atoms with E-state index in [-0.39, 0.29) is 0 Å². The van der Waals surface area contributed by atoms with Crippen molar-refractivity contribution in [3.63, 3.8) is 0 Å². The lowest BCUT2D eigenvalue weighted by molar-refractivity contribution is 0.239. The Morgan fingerprint density at radius 1 is 1.29 bits per heavy atom.